The number of esters is 1. The van der Waals surface area contributed by atoms with Crippen LogP contribution in [0.4, 0.5) is 0 Å². The van der Waals surface area contributed by atoms with E-state index in [2.05, 4.69) is 0 Å². The fourth-order valence-corrected chi connectivity index (χ4v) is 2.60. The van der Waals surface area contributed by atoms with Crippen molar-refractivity contribution in [2.45, 2.75) is 77.0 Å². The van der Waals surface area contributed by atoms with Gasteiger partial charge in [0.1, 0.15) is 12.2 Å². The third-order valence-corrected chi connectivity index (χ3v) is 4.30. The molecule has 1 saturated heterocycles. The number of carbonyl (C=O) groups is 1. The van der Waals surface area contributed by atoms with Crippen LogP contribution in [0, 0.1) is 5.41 Å². The maximum absolute atomic E-state index is 12.3. The normalized spacial score (nSPS) is 38.0. The van der Waals surface area contributed by atoms with Crippen LogP contribution < -0.4 is 0 Å². The van der Waals surface area contributed by atoms with Crippen molar-refractivity contribution in [1.29, 1.82) is 0 Å². The molecule has 0 aliphatic carbocycles. The minimum Gasteiger partial charge on any atom is -0.462 e. The Bertz CT molecular complexity index is 403. The standard InChI is InChI=1S/C16H26O5/c1-4-5-10(17)8-11-9-13-12(21-13)6-7-14(18)16(2,3)15(19)20-11/h6-7,10-14,17-18H,4-5,8-9H2,1-3H3/b7-6+. The molecule has 0 amide bonds. The Hall–Kier alpha value is -0.910. The highest BCUT2D eigenvalue weighted by Gasteiger charge is 2.44. The Morgan fingerprint density at radius 3 is 2.81 bits per heavy atom. The number of fused-ring (bicyclic) bond motifs is 1. The maximum atomic E-state index is 12.3. The fourth-order valence-electron chi connectivity index (χ4n) is 2.60. The molecule has 0 radical (unpaired) electrons. The second-order valence-electron chi connectivity index (χ2n) is 6.63. The summed E-state index contributed by atoms with van der Waals surface area (Å²) in [6, 6.07) is 0. The monoisotopic (exact) mass is 298 g/mol. The zero-order chi connectivity index (χ0) is 15.6. The zero-order valence-electron chi connectivity index (χ0n) is 13.0. The van der Waals surface area contributed by atoms with Crippen LogP contribution in [0.2, 0.25) is 0 Å². The number of aliphatic hydroxyl groups excluding tert-OH is 2. The number of aliphatic hydroxyl groups is 2. The maximum Gasteiger partial charge on any atom is 0.314 e. The summed E-state index contributed by atoms with van der Waals surface area (Å²) in [5, 5.41) is 20.1. The molecule has 0 aromatic rings. The van der Waals surface area contributed by atoms with Crippen LogP contribution in [0.15, 0.2) is 12.2 Å². The van der Waals surface area contributed by atoms with Crippen LogP contribution >= 0.6 is 0 Å². The van der Waals surface area contributed by atoms with Crippen molar-refractivity contribution in [2.24, 2.45) is 5.41 Å². The SMILES string of the molecule is CCCC(O)CC1CC2OC2/C=C/C(O)C(C)(C)C(=O)O1. The number of hydrogen-bond acceptors (Lipinski definition) is 5. The molecule has 2 N–H and O–H groups in total. The second kappa shape index (κ2) is 6.46. The zero-order valence-corrected chi connectivity index (χ0v) is 13.0. The van der Waals surface area contributed by atoms with E-state index in [1.807, 2.05) is 13.0 Å². The molecule has 2 rings (SSSR count). The molecule has 5 heteroatoms. The van der Waals surface area contributed by atoms with Gasteiger partial charge in [-0.3, -0.25) is 4.79 Å². The summed E-state index contributed by atoms with van der Waals surface area (Å²) in [5.41, 5.74) is -1.01. The van der Waals surface area contributed by atoms with Crippen molar-refractivity contribution in [3.05, 3.63) is 12.2 Å². The number of hydrogen-bond donors (Lipinski definition) is 2. The van der Waals surface area contributed by atoms with Gasteiger partial charge in [-0.25, -0.2) is 0 Å². The summed E-state index contributed by atoms with van der Waals surface area (Å²) in [6.45, 7) is 5.33. The summed E-state index contributed by atoms with van der Waals surface area (Å²) in [5.74, 6) is -0.438. The molecular formula is C16H26O5. The molecule has 0 aromatic heterocycles. The van der Waals surface area contributed by atoms with Gasteiger partial charge in [0.15, 0.2) is 0 Å². The van der Waals surface area contributed by atoms with Crippen molar-refractivity contribution >= 4 is 5.97 Å². The first-order chi connectivity index (χ1) is 9.84. The molecule has 2 aliphatic rings. The van der Waals surface area contributed by atoms with E-state index in [-0.39, 0.29) is 18.3 Å². The van der Waals surface area contributed by atoms with E-state index >= 15 is 0 Å². The number of ether oxygens (including phenoxy) is 2. The predicted octanol–water partition coefficient (Wildman–Crippen LogP) is 1.56. The number of cyclic esters (lactones) is 1. The quantitative estimate of drug-likeness (QED) is 0.468. The molecule has 21 heavy (non-hydrogen) atoms. The van der Waals surface area contributed by atoms with Crippen molar-refractivity contribution in [2.75, 3.05) is 0 Å². The van der Waals surface area contributed by atoms with E-state index in [0.29, 0.717) is 19.3 Å². The summed E-state index contributed by atoms with van der Waals surface area (Å²) < 4.78 is 11.1. The third kappa shape index (κ3) is 4.05. The van der Waals surface area contributed by atoms with Gasteiger partial charge in [0.25, 0.3) is 0 Å². The van der Waals surface area contributed by atoms with Gasteiger partial charge in [0.2, 0.25) is 0 Å². The van der Waals surface area contributed by atoms with Gasteiger partial charge in [-0.15, -0.1) is 0 Å². The van der Waals surface area contributed by atoms with Gasteiger partial charge in [-0.05, 0) is 20.3 Å². The van der Waals surface area contributed by atoms with E-state index in [9.17, 15) is 15.0 Å². The minimum absolute atomic E-state index is 0.0151. The van der Waals surface area contributed by atoms with E-state index in [1.165, 1.54) is 0 Å². The lowest BCUT2D eigenvalue weighted by Crippen LogP contribution is -2.40. The lowest BCUT2D eigenvalue weighted by molar-refractivity contribution is -0.166. The summed E-state index contributed by atoms with van der Waals surface area (Å²) >= 11 is 0. The number of rotatable bonds is 4. The third-order valence-electron chi connectivity index (χ3n) is 4.30. The first-order valence-corrected chi connectivity index (χ1v) is 7.75. The Morgan fingerprint density at radius 2 is 2.14 bits per heavy atom. The van der Waals surface area contributed by atoms with Crippen LogP contribution in [0.5, 0.6) is 0 Å². The summed E-state index contributed by atoms with van der Waals surface area (Å²) in [6.07, 6.45) is 4.26. The first-order valence-electron chi connectivity index (χ1n) is 7.75. The Labute approximate surface area is 125 Å². The second-order valence-corrected chi connectivity index (χ2v) is 6.63. The van der Waals surface area contributed by atoms with Gasteiger partial charge in [0.05, 0.1) is 23.7 Å². The van der Waals surface area contributed by atoms with E-state index < -0.39 is 23.6 Å². The van der Waals surface area contributed by atoms with Crippen molar-refractivity contribution in [3.8, 4) is 0 Å². The highest BCUT2D eigenvalue weighted by Crippen LogP contribution is 2.34. The molecule has 120 valence electrons. The largest absolute Gasteiger partial charge is 0.462 e. The molecule has 5 atom stereocenters. The molecule has 1 fully saturated rings. The van der Waals surface area contributed by atoms with E-state index in [4.69, 9.17) is 9.47 Å². The lowest BCUT2D eigenvalue weighted by atomic mass is 9.85. The van der Waals surface area contributed by atoms with Crippen LogP contribution in [-0.4, -0.2) is 46.7 Å². The topological polar surface area (TPSA) is 79.3 Å². The van der Waals surface area contributed by atoms with Gasteiger partial charge < -0.3 is 19.7 Å². The van der Waals surface area contributed by atoms with Crippen molar-refractivity contribution in [3.63, 3.8) is 0 Å². The minimum atomic E-state index is -1.01. The lowest BCUT2D eigenvalue weighted by Gasteiger charge is -2.30. The fraction of sp³-hybridized carbons (Fsp3) is 0.812. The predicted molar refractivity (Wildman–Crippen MR) is 77.6 cm³/mol. The van der Waals surface area contributed by atoms with E-state index in [1.54, 1.807) is 19.9 Å². The van der Waals surface area contributed by atoms with Crippen molar-refractivity contribution in [1.82, 2.24) is 0 Å². The summed E-state index contributed by atoms with van der Waals surface area (Å²) in [7, 11) is 0. The van der Waals surface area contributed by atoms with E-state index in [0.717, 1.165) is 6.42 Å². The van der Waals surface area contributed by atoms with Crippen molar-refractivity contribution < 1.29 is 24.5 Å². The van der Waals surface area contributed by atoms with Crippen LogP contribution in [-0.2, 0) is 14.3 Å². The Balaban J connectivity index is 2.09. The number of carbonyl (C=O) groups excluding carboxylic acids is 1. The highest BCUT2D eigenvalue weighted by molar-refractivity contribution is 5.77. The van der Waals surface area contributed by atoms with Crippen LogP contribution in [0.3, 0.4) is 0 Å². The molecule has 5 nitrogen and oxygen atoms in total. The van der Waals surface area contributed by atoms with Gasteiger partial charge >= 0.3 is 5.97 Å². The van der Waals surface area contributed by atoms with Crippen LogP contribution in [0.1, 0.15) is 46.5 Å². The molecule has 0 saturated carbocycles. The van der Waals surface area contributed by atoms with Gasteiger partial charge in [-0.1, -0.05) is 25.5 Å². The Morgan fingerprint density at radius 1 is 1.43 bits per heavy atom. The average molecular weight is 298 g/mol. The molecule has 2 heterocycles. The highest BCUT2D eigenvalue weighted by atomic mass is 16.6. The molecule has 0 aromatic carbocycles. The molecule has 5 unspecified atom stereocenters. The molecule has 2 aliphatic heterocycles. The summed E-state index contributed by atoms with van der Waals surface area (Å²) in [4.78, 5) is 12.3. The smallest absolute Gasteiger partial charge is 0.314 e. The Kier molecular flexibility index (Phi) is 5.07. The average Bonchev–Trinajstić information content (AvgIpc) is 3.13. The van der Waals surface area contributed by atoms with Crippen LogP contribution in [0.25, 0.3) is 0 Å². The molecule has 0 bridgehead atoms. The van der Waals surface area contributed by atoms with Gasteiger partial charge in [0, 0.05) is 12.8 Å². The molecular weight excluding hydrogens is 272 g/mol. The van der Waals surface area contributed by atoms with Gasteiger partial charge in [-0.2, -0.15) is 0 Å². The first kappa shape index (κ1) is 16.5. The number of epoxide rings is 1. The molecule has 0 spiro atoms.